The Hall–Kier alpha value is -1.10. The Morgan fingerprint density at radius 2 is 2.00 bits per heavy atom. The second-order valence-electron chi connectivity index (χ2n) is 2.49. The quantitative estimate of drug-likeness (QED) is 0.607. The van der Waals surface area contributed by atoms with Crippen molar-refractivity contribution in [3.05, 3.63) is 0 Å². The molecule has 0 aliphatic rings. The summed E-state index contributed by atoms with van der Waals surface area (Å²) in [6.07, 6.45) is 0.290. The van der Waals surface area contributed by atoms with Crippen molar-refractivity contribution in [2.45, 2.75) is 26.3 Å². The highest BCUT2D eigenvalue weighted by Crippen LogP contribution is 1.93. The third-order valence-electron chi connectivity index (χ3n) is 1.32. The van der Waals surface area contributed by atoms with E-state index < -0.39 is 12.0 Å². The van der Waals surface area contributed by atoms with Crippen molar-refractivity contribution in [2.24, 2.45) is 5.73 Å². The largest absolute Gasteiger partial charge is 0.466 e. The van der Waals surface area contributed by atoms with Crippen LogP contribution in [0.25, 0.3) is 0 Å². The zero-order chi connectivity index (χ0) is 10.3. The lowest BCUT2D eigenvalue weighted by molar-refractivity contribution is -0.147. The molecule has 5 nitrogen and oxygen atoms in total. The number of hydrogen-bond donors (Lipinski definition) is 1. The van der Waals surface area contributed by atoms with Gasteiger partial charge in [-0.2, -0.15) is 0 Å². The number of carbonyl (C=O) groups excluding carboxylic acids is 2. The van der Waals surface area contributed by atoms with Crippen molar-refractivity contribution in [3.63, 3.8) is 0 Å². The molecule has 1 atom stereocenters. The minimum Gasteiger partial charge on any atom is -0.466 e. The van der Waals surface area contributed by atoms with Crippen LogP contribution in [-0.4, -0.2) is 31.2 Å². The fourth-order valence-electron chi connectivity index (χ4n) is 0.697. The number of ether oxygens (including phenoxy) is 2. The lowest BCUT2D eigenvalue weighted by Gasteiger charge is -2.09. The average molecular weight is 189 g/mol. The van der Waals surface area contributed by atoms with E-state index in [9.17, 15) is 9.59 Å². The van der Waals surface area contributed by atoms with Gasteiger partial charge in [0.1, 0.15) is 6.04 Å². The molecule has 0 aliphatic heterocycles. The van der Waals surface area contributed by atoms with Crippen LogP contribution in [0.2, 0.25) is 0 Å². The molecule has 0 saturated carbocycles. The molecule has 0 rings (SSSR count). The number of esters is 2. The van der Waals surface area contributed by atoms with Gasteiger partial charge >= 0.3 is 11.9 Å². The summed E-state index contributed by atoms with van der Waals surface area (Å²) in [5.41, 5.74) is 5.42. The molecule has 0 heterocycles. The monoisotopic (exact) mass is 189 g/mol. The first kappa shape index (κ1) is 11.9. The van der Waals surface area contributed by atoms with Gasteiger partial charge in [0.05, 0.1) is 13.2 Å². The molecule has 13 heavy (non-hydrogen) atoms. The highest BCUT2D eigenvalue weighted by atomic mass is 16.5. The van der Waals surface area contributed by atoms with Crippen LogP contribution in [0.3, 0.4) is 0 Å². The molecule has 0 unspecified atom stereocenters. The van der Waals surface area contributed by atoms with E-state index >= 15 is 0 Å². The van der Waals surface area contributed by atoms with Crippen LogP contribution in [0.5, 0.6) is 0 Å². The Balaban J connectivity index is 3.55. The normalized spacial score (nSPS) is 11.9. The minimum atomic E-state index is -0.709. The molecule has 5 heteroatoms. The van der Waals surface area contributed by atoms with Crippen molar-refractivity contribution in [2.75, 3.05) is 13.2 Å². The van der Waals surface area contributed by atoms with Gasteiger partial charge in [0.25, 0.3) is 0 Å². The van der Waals surface area contributed by atoms with E-state index in [0.717, 1.165) is 0 Å². The van der Waals surface area contributed by atoms with Gasteiger partial charge in [0.15, 0.2) is 0 Å². The zero-order valence-electron chi connectivity index (χ0n) is 7.91. The maximum atomic E-state index is 10.9. The second kappa shape index (κ2) is 6.42. The standard InChI is InChI=1S/C8H15NO4/c1-3-12-8(11)7(9)4-5-13-6(2)10/h7H,3-5,9H2,1-2H3/t7-/m0/s1. The zero-order valence-corrected chi connectivity index (χ0v) is 7.91. The molecule has 0 bridgehead atoms. The predicted molar refractivity (Wildman–Crippen MR) is 45.9 cm³/mol. The molecule has 0 aromatic heterocycles. The highest BCUT2D eigenvalue weighted by molar-refractivity contribution is 5.75. The fourth-order valence-corrected chi connectivity index (χ4v) is 0.697. The topological polar surface area (TPSA) is 78.6 Å². The summed E-state index contributed by atoms with van der Waals surface area (Å²) < 4.78 is 9.27. The van der Waals surface area contributed by atoms with Gasteiger partial charge < -0.3 is 15.2 Å². The molecule has 0 amide bonds. The molecule has 2 N–H and O–H groups in total. The summed E-state index contributed by atoms with van der Waals surface area (Å²) in [5, 5.41) is 0. The maximum Gasteiger partial charge on any atom is 0.323 e. The van der Waals surface area contributed by atoms with Gasteiger partial charge in [-0.25, -0.2) is 0 Å². The molecular weight excluding hydrogens is 174 g/mol. The Labute approximate surface area is 77.2 Å². The molecule has 0 radical (unpaired) electrons. The predicted octanol–water partition coefficient (Wildman–Crippen LogP) is -0.170. The SMILES string of the molecule is CCOC(=O)[C@@H](N)CCOC(C)=O. The highest BCUT2D eigenvalue weighted by Gasteiger charge is 2.14. The number of rotatable bonds is 5. The average Bonchev–Trinajstić information content (AvgIpc) is 2.04. The van der Waals surface area contributed by atoms with E-state index in [0.29, 0.717) is 13.0 Å². The molecule has 0 fully saturated rings. The first-order valence-electron chi connectivity index (χ1n) is 4.13. The van der Waals surface area contributed by atoms with E-state index in [-0.39, 0.29) is 12.6 Å². The van der Waals surface area contributed by atoms with Crippen molar-refractivity contribution in [1.29, 1.82) is 0 Å². The van der Waals surface area contributed by atoms with Crippen LogP contribution in [0, 0.1) is 0 Å². The number of hydrogen-bond acceptors (Lipinski definition) is 5. The number of nitrogens with two attached hydrogens (primary N) is 1. The Morgan fingerprint density at radius 3 is 2.46 bits per heavy atom. The van der Waals surface area contributed by atoms with Gasteiger partial charge in [-0.3, -0.25) is 9.59 Å². The molecule has 0 spiro atoms. The molecule has 0 saturated heterocycles. The first-order valence-corrected chi connectivity index (χ1v) is 4.13. The molecular formula is C8H15NO4. The summed E-state index contributed by atoms with van der Waals surface area (Å²) in [6.45, 7) is 3.46. The molecule has 0 aliphatic carbocycles. The summed E-state index contributed by atoms with van der Waals surface area (Å²) in [5.74, 6) is -0.842. The summed E-state index contributed by atoms with van der Waals surface area (Å²) in [4.78, 5) is 21.3. The minimum absolute atomic E-state index is 0.148. The van der Waals surface area contributed by atoms with Crippen LogP contribution in [0.1, 0.15) is 20.3 Å². The van der Waals surface area contributed by atoms with Gasteiger partial charge in [-0.05, 0) is 6.92 Å². The van der Waals surface area contributed by atoms with Crippen LogP contribution in [-0.2, 0) is 19.1 Å². The van der Waals surface area contributed by atoms with E-state index in [1.165, 1.54) is 6.92 Å². The number of carbonyl (C=O) groups is 2. The maximum absolute atomic E-state index is 10.9. The Kier molecular flexibility index (Phi) is 5.88. The lowest BCUT2D eigenvalue weighted by atomic mass is 10.2. The van der Waals surface area contributed by atoms with Gasteiger partial charge in [-0.15, -0.1) is 0 Å². The van der Waals surface area contributed by atoms with Gasteiger partial charge in [0, 0.05) is 13.3 Å². The van der Waals surface area contributed by atoms with Gasteiger partial charge in [-0.1, -0.05) is 0 Å². The van der Waals surface area contributed by atoms with Crippen LogP contribution >= 0.6 is 0 Å². The second-order valence-corrected chi connectivity index (χ2v) is 2.49. The fraction of sp³-hybridized carbons (Fsp3) is 0.750. The van der Waals surface area contributed by atoms with Gasteiger partial charge in [0.2, 0.25) is 0 Å². The smallest absolute Gasteiger partial charge is 0.323 e. The lowest BCUT2D eigenvalue weighted by Crippen LogP contribution is -2.33. The third-order valence-corrected chi connectivity index (χ3v) is 1.32. The van der Waals surface area contributed by atoms with Crippen LogP contribution < -0.4 is 5.73 Å². The van der Waals surface area contributed by atoms with E-state index in [4.69, 9.17) is 5.73 Å². The first-order chi connectivity index (χ1) is 6.07. The van der Waals surface area contributed by atoms with E-state index in [1.54, 1.807) is 6.92 Å². The van der Waals surface area contributed by atoms with Crippen LogP contribution in [0.15, 0.2) is 0 Å². The Bertz CT molecular complexity index is 181. The molecule has 0 aromatic carbocycles. The van der Waals surface area contributed by atoms with Crippen molar-refractivity contribution in [1.82, 2.24) is 0 Å². The third kappa shape index (κ3) is 6.10. The summed E-state index contributed by atoms with van der Waals surface area (Å²) in [6, 6.07) is -0.709. The van der Waals surface area contributed by atoms with Crippen molar-refractivity contribution < 1.29 is 19.1 Å². The molecule has 0 aromatic rings. The Morgan fingerprint density at radius 1 is 1.38 bits per heavy atom. The van der Waals surface area contributed by atoms with Crippen molar-refractivity contribution in [3.8, 4) is 0 Å². The summed E-state index contributed by atoms with van der Waals surface area (Å²) >= 11 is 0. The van der Waals surface area contributed by atoms with Crippen molar-refractivity contribution >= 4 is 11.9 Å². The van der Waals surface area contributed by atoms with E-state index in [2.05, 4.69) is 9.47 Å². The molecule has 76 valence electrons. The van der Waals surface area contributed by atoms with Crippen LogP contribution in [0.4, 0.5) is 0 Å². The van der Waals surface area contributed by atoms with E-state index in [1.807, 2.05) is 0 Å². The summed E-state index contributed by atoms with van der Waals surface area (Å²) in [7, 11) is 0.